The minimum absolute atomic E-state index is 0.312. The maximum atomic E-state index is 5.40. The quantitative estimate of drug-likeness (QED) is 0.758. The van der Waals surface area contributed by atoms with Gasteiger partial charge >= 0.3 is 0 Å². The van der Waals surface area contributed by atoms with Crippen LogP contribution in [0.15, 0.2) is 60.9 Å². The predicted octanol–water partition coefficient (Wildman–Crippen LogP) is 2.95. The van der Waals surface area contributed by atoms with Crippen LogP contribution in [-0.4, -0.2) is 16.6 Å². The Morgan fingerprint density at radius 1 is 0.917 bits per heavy atom. The molecule has 1 N–H and O–H groups in total. The smallest absolute Gasteiger partial charge is 0.231 e. The van der Waals surface area contributed by atoms with Gasteiger partial charge in [0.05, 0.1) is 12.7 Å². The summed E-state index contributed by atoms with van der Waals surface area (Å²) in [5.74, 6) is 1.64. The lowest BCUT2D eigenvalue weighted by Gasteiger charge is -2.05. The summed E-state index contributed by atoms with van der Waals surface area (Å²) in [6.07, 6.45) is 4.00. The molecule has 122 valence electrons. The molecule has 0 fully saturated rings. The van der Waals surface area contributed by atoms with Crippen molar-refractivity contribution in [2.45, 2.75) is 19.6 Å². The Morgan fingerprint density at radius 3 is 2.67 bits per heavy atom. The minimum Gasteiger partial charge on any atom is -0.454 e. The average molecular weight is 321 g/mol. The van der Waals surface area contributed by atoms with E-state index in [9.17, 15) is 0 Å². The van der Waals surface area contributed by atoms with Gasteiger partial charge < -0.3 is 14.8 Å². The van der Waals surface area contributed by atoms with Gasteiger partial charge in [-0.2, -0.15) is 5.10 Å². The van der Waals surface area contributed by atoms with Gasteiger partial charge in [-0.05, 0) is 23.3 Å². The predicted molar refractivity (Wildman–Crippen MR) is 90.9 cm³/mol. The highest BCUT2D eigenvalue weighted by Crippen LogP contribution is 2.32. The number of ether oxygens (including phenoxy) is 2. The van der Waals surface area contributed by atoms with Crippen molar-refractivity contribution in [2.75, 3.05) is 6.79 Å². The van der Waals surface area contributed by atoms with E-state index in [2.05, 4.69) is 34.8 Å². The first-order valence-corrected chi connectivity index (χ1v) is 8.01. The number of hydrogen-bond acceptors (Lipinski definition) is 4. The molecule has 0 radical (unpaired) electrons. The molecule has 5 heteroatoms. The lowest BCUT2D eigenvalue weighted by Crippen LogP contribution is -2.12. The van der Waals surface area contributed by atoms with Crippen LogP contribution in [0.25, 0.3) is 0 Å². The van der Waals surface area contributed by atoms with Gasteiger partial charge in [-0.25, -0.2) is 0 Å². The van der Waals surface area contributed by atoms with Crippen LogP contribution in [0.1, 0.15) is 16.7 Å². The van der Waals surface area contributed by atoms with Crippen molar-refractivity contribution in [2.24, 2.45) is 0 Å². The van der Waals surface area contributed by atoms with Gasteiger partial charge in [0, 0.05) is 24.8 Å². The Bertz CT molecular complexity index is 814. The Hall–Kier alpha value is -2.79. The van der Waals surface area contributed by atoms with Crippen LogP contribution in [-0.2, 0) is 19.6 Å². The minimum atomic E-state index is 0.312. The zero-order valence-corrected chi connectivity index (χ0v) is 13.3. The van der Waals surface area contributed by atoms with Crippen molar-refractivity contribution >= 4 is 0 Å². The first kappa shape index (κ1) is 14.8. The number of nitrogens with one attached hydrogen (secondary N) is 1. The standard InChI is InChI=1S/C19H19N3O2/c1-2-4-15(5-3-1)12-22-13-17(11-21-22)10-20-9-16-6-7-18-19(8-16)24-14-23-18/h1-8,11,13,20H,9-10,12,14H2. The third-order valence-electron chi connectivity index (χ3n) is 3.97. The Balaban J connectivity index is 1.30. The van der Waals surface area contributed by atoms with Gasteiger partial charge in [-0.3, -0.25) is 4.68 Å². The molecular formula is C19H19N3O2. The molecule has 0 amide bonds. The number of benzene rings is 2. The number of rotatable bonds is 6. The number of fused-ring (bicyclic) bond motifs is 1. The molecule has 0 saturated heterocycles. The van der Waals surface area contributed by atoms with E-state index in [0.29, 0.717) is 6.79 Å². The van der Waals surface area contributed by atoms with Crippen LogP contribution in [0.3, 0.4) is 0 Å². The Morgan fingerprint density at radius 2 is 1.75 bits per heavy atom. The summed E-state index contributed by atoms with van der Waals surface area (Å²) in [5.41, 5.74) is 3.60. The summed E-state index contributed by atoms with van der Waals surface area (Å²) in [4.78, 5) is 0. The van der Waals surface area contributed by atoms with Gasteiger partial charge in [-0.1, -0.05) is 36.4 Å². The molecule has 1 aliphatic rings. The molecule has 2 heterocycles. The van der Waals surface area contributed by atoms with Crippen LogP contribution in [0.5, 0.6) is 11.5 Å². The number of hydrogen-bond donors (Lipinski definition) is 1. The molecule has 5 nitrogen and oxygen atoms in total. The molecule has 0 saturated carbocycles. The average Bonchev–Trinajstić information content (AvgIpc) is 3.25. The number of nitrogens with zero attached hydrogens (tertiary/aromatic N) is 2. The normalized spacial score (nSPS) is 12.5. The molecule has 1 aliphatic heterocycles. The highest BCUT2D eigenvalue weighted by molar-refractivity contribution is 5.44. The molecule has 2 aromatic carbocycles. The van der Waals surface area contributed by atoms with Crippen LogP contribution in [0.4, 0.5) is 0 Å². The topological polar surface area (TPSA) is 48.3 Å². The van der Waals surface area contributed by atoms with Crippen LogP contribution in [0, 0.1) is 0 Å². The Labute approximate surface area is 140 Å². The van der Waals surface area contributed by atoms with Crippen LogP contribution < -0.4 is 14.8 Å². The molecular weight excluding hydrogens is 302 g/mol. The fourth-order valence-electron chi connectivity index (χ4n) is 2.76. The van der Waals surface area contributed by atoms with E-state index < -0.39 is 0 Å². The summed E-state index contributed by atoms with van der Waals surface area (Å²) in [6, 6.07) is 16.4. The fourth-order valence-corrected chi connectivity index (χ4v) is 2.76. The monoisotopic (exact) mass is 321 g/mol. The first-order valence-electron chi connectivity index (χ1n) is 8.01. The van der Waals surface area contributed by atoms with Crippen molar-refractivity contribution in [1.29, 1.82) is 0 Å². The van der Waals surface area contributed by atoms with Gasteiger partial charge in [0.2, 0.25) is 6.79 Å². The zero-order chi connectivity index (χ0) is 16.2. The van der Waals surface area contributed by atoms with E-state index >= 15 is 0 Å². The Kier molecular flexibility index (Phi) is 4.16. The lowest BCUT2D eigenvalue weighted by molar-refractivity contribution is 0.174. The fraction of sp³-hybridized carbons (Fsp3) is 0.211. The van der Waals surface area contributed by atoms with E-state index in [4.69, 9.17) is 9.47 Å². The number of aromatic nitrogens is 2. The van der Waals surface area contributed by atoms with Gasteiger partial charge in [0.1, 0.15) is 0 Å². The zero-order valence-electron chi connectivity index (χ0n) is 13.3. The van der Waals surface area contributed by atoms with Crippen molar-refractivity contribution in [3.8, 4) is 11.5 Å². The van der Waals surface area contributed by atoms with E-state index in [1.807, 2.05) is 41.2 Å². The van der Waals surface area contributed by atoms with Crippen molar-refractivity contribution < 1.29 is 9.47 Å². The second-order valence-electron chi connectivity index (χ2n) is 5.82. The van der Waals surface area contributed by atoms with Gasteiger partial charge in [0.15, 0.2) is 11.5 Å². The molecule has 3 aromatic rings. The molecule has 0 atom stereocenters. The summed E-state index contributed by atoms with van der Waals surface area (Å²) in [6.45, 7) is 2.67. The molecule has 0 bridgehead atoms. The highest BCUT2D eigenvalue weighted by atomic mass is 16.7. The van der Waals surface area contributed by atoms with Crippen molar-refractivity contribution in [3.63, 3.8) is 0 Å². The van der Waals surface area contributed by atoms with E-state index in [1.165, 1.54) is 16.7 Å². The largest absolute Gasteiger partial charge is 0.454 e. The molecule has 24 heavy (non-hydrogen) atoms. The second kappa shape index (κ2) is 6.76. The van der Waals surface area contributed by atoms with Crippen LogP contribution in [0.2, 0.25) is 0 Å². The third kappa shape index (κ3) is 3.41. The third-order valence-corrected chi connectivity index (χ3v) is 3.97. The molecule has 0 unspecified atom stereocenters. The molecule has 4 rings (SSSR count). The van der Waals surface area contributed by atoms with Gasteiger partial charge in [-0.15, -0.1) is 0 Å². The molecule has 0 spiro atoms. The summed E-state index contributed by atoms with van der Waals surface area (Å²) in [5, 5.41) is 7.86. The van der Waals surface area contributed by atoms with E-state index in [1.54, 1.807) is 0 Å². The highest BCUT2D eigenvalue weighted by Gasteiger charge is 2.12. The SMILES string of the molecule is c1ccc(Cn2cc(CNCc3ccc4c(c3)OCO4)cn2)cc1. The summed E-state index contributed by atoms with van der Waals surface area (Å²) < 4.78 is 12.7. The maximum absolute atomic E-state index is 5.40. The van der Waals surface area contributed by atoms with Crippen molar-refractivity contribution in [3.05, 3.63) is 77.6 Å². The van der Waals surface area contributed by atoms with E-state index in [-0.39, 0.29) is 0 Å². The maximum Gasteiger partial charge on any atom is 0.231 e. The summed E-state index contributed by atoms with van der Waals surface area (Å²) >= 11 is 0. The van der Waals surface area contributed by atoms with Gasteiger partial charge in [0.25, 0.3) is 0 Å². The summed E-state index contributed by atoms with van der Waals surface area (Å²) in [7, 11) is 0. The molecule has 0 aliphatic carbocycles. The van der Waals surface area contributed by atoms with Crippen molar-refractivity contribution in [1.82, 2.24) is 15.1 Å². The lowest BCUT2D eigenvalue weighted by atomic mass is 10.2. The second-order valence-corrected chi connectivity index (χ2v) is 5.82. The van der Waals surface area contributed by atoms with E-state index in [0.717, 1.165) is 31.1 Å². The molecule has 1 aromatic heterocycles. The first-order chi connectivity index (χ1) is 11.9. The van der Waals surface area contributed by atoms with Crippen LogP contribution >= 0.6 is 0 Å².